The van der Waals surface area contributed by atoms with Gasteiger partial charge in [0.25, 0.3) is 0 Å². The van der Waals surface area contributed by atoms with Gasteiger partial charge in [-0.2, -0.15) is 0 Å². The zero-order valence-corrected chi connectivity index (χ0v) is 9.34. The summed E-state index contributed by atoms with van der Waals surface area (Å²) < 4.78 is 4.96. The van der Waals surface area contributed by atoms with Crippen molar-refractivity contribution in [1.82, 2.24) is 0 Å². The van der Waals surface area contributed by atoms with E-state index in [2.05, 4.69) is 5.32 Å². The average Bonchev–Trinajstić information content (AvgIpc) is 2.29. The molecule has 0 saturated heterocycles. The minimum atomic E-state index is -1.20. The van der Waals surface area contributed by atoms with Crippen molar-refractivity contribution in [3.05, 3.63) is 24.3 Å². The summed E-state index contributed by atoms with van der Waals surface area (Å²) in [4.78, 5) is 21.8. The van der Waals surface area contributed by atoms with E-state index in [0.29, 0.717) is 11.4 Å². The number of carbonyl (C=O) groups is 2. The molecule has 6 nitrogen and oxygen atoms in total. The van der Waals surface area contributed by atoms with E-state index in [0.717, 1.165) is 0 Å². The molecule has 0 spiro atoms. The molecule has 0 radical (unpaired) electrons. The number of nitrogens with two attached hydrogens (primary N) is 1. The summed E-state index contributed by atoms with van der Waals surface area (Å²) in [6, 6.07) is 5.50. The lowest BCUT2D eigenvalue weighted by atomic mass is 10.2. The van der Waals surface area contributed by atoms with Gasteiger partial charge in [0.2, 0.25) is 5.91 Å². The summed E-state index contributed by atoms with van der Waals surface area (Å²) in [5.74, 6) is -0.967. The molecule has 1 unspecified atom stereocenters. The van der Waals surface area contributed by atoms with Crippen LogP contribution in [0, 0.1) is 0 Å². The van der Waals surface area contributed by atoms with Crippen molar-refractivity contribution in [2.24, 2.45) is 5.73 Å². The van der Waals surface area contributed by atoms with Crippen molar-refractivity contribution in [3.63, 3.8) is 0 Å². The van der Waals surface area contributed by atoms with Crippen LogP contribution in [0.3, 0.4) is 0 Å². The summed E-state index contributed by atoms with van der Waals surface area (Å²) in [6.45, 7) is 0. The number of aliphatic carboxylic acids is 1. The van der Waals surface area contributed by atoms with Crippen LogP contribution in [0.1, 0.15) is 6.42 Å². The molecule has 0 fully saturated rings. The predicted molar refractivity (Wildman–Crippen MR) is 61.9 cm³/mol. The Morgan fingerprint density at radius 3 is 2.47 bits per heavy atom. The number of hydrogen-bond donors (Lipinski definition) is 3. The van der Waals surface area contributed by atoms with Gasteiger partial charge in [0.05, 0.1) is 13.5 Å². The Bertz CT molecular complexity index is 402. The molecule has 92 valence electrons. The van der Waals surface area contributed by atoms with E-state index in [-0.39, 0.29) is 6.42 Å². The number of carboxylic acid groups (broad SMARTS) is 1. The third-order valence-electron chi connectivity index (χ3n) is 2.10. The van der Waals surface area contributed by atoms with Crippen molar-refractivity contribution in [1.29, 1.82) is 0 Å². The molecule has 0 bridgehead atoms. The van der Waals surface area contributed by atoms with E-state index in [1.165, 1.54) is 0 Å². The molecule has 1 amide bonds. The number of nitrogens with one attached hydrogen (secondary N) is 1. The van der Waals surface area contributed by atoms with Crippen LogP contribution in [-0.4, -0.2) is 30.1 Å². The number of anilines is 1. The smallest absolute Gasteiger partial charge is 0.321 e. The fourth-order valence-electron chi connectivity index (χ4n) is 1.17. The van der Waals surface area contributed by atoms with Gasteiger partial charge in [-0.1, -0.05) is 0 Å². The van der Waals surface area contributed by atoms with E-state index in [1.54, 1.807) is 31.4 Å². The Kier molecular flexibility index (Phi) is 4.47. The van der Waals surface area contributed by atoms with Crippen LogP contribution in [0.4, 0.5) is 5.69 Å². The minimum absolute atomic E-state index is 0.263. The van der Waals surface area contributed by atoms with Crippen LogP contribution in [0.15, 0.2) is 24.3 Å². The maximum absolute atomic E-state index is 11.4. The van der Waals surface area contributed by atoms with E-state index in [4.69, 9.17) is 15.6 Å². The molecule has 17 heavy (non-hydrogen) atoms. The van der Waals surface area contributed by atoms with Crippen LogP contribution in [0.2, 0.25) is 0 Å². The maximum Gasteiger partial charge on any atom is 0.321 e. The number of ether oxygens (including phenoxy) is 1. The summed E-state index contributed by atoms with van der Waals surface area (Å²) in [6.07, 6.45) is -0.263. The predicted octanol–water partition coefficient (Wildman–Crippen LogP) is 0.436. The molecule has 0 aliphatic heterocycles. The first-order valence-corrected chi connectivity index (χ1v) is 4.95. The second-order valence-corrected chi connectivity index (χ2v) is 3.43. The highest BCUT2D eigenvalue weighted by Gasteiger charge is 2.16. The number of amides is 1. The van der Waals surface area contributed by atoms with E-state index in [1.807, 2.05) is 0 Å². The number of rotatable bonds is 5. The highest BCUT2D eigenvalue weighted by atomic mass is 16.5. The number of benzene rings is 1. The number of carbonyl (C=O) groups excluding carboxylic acids is 1. The van der Waals surface area contributed by atoms with Gasteiger partial charge in [-0.3, -0.25) is 9.59 Å². The molecule has 0 saturated carbocycles. The molecule has 1 rings (SSSR count). The SMILES string of the molecule is COc1ccc(NC(=O)CC(N)C(=O)O)cc1. The molecule has 0 aromatic heterocycles. The molecule has 4 N–H and O–H groups in total. The number of carboxylic acids is 1. The zero-order valence-electron chi connectivity index (χ0n) is 9.34. The van der Waals surface area contributed by atoms with E-state index >= 15 is 0 Å². The van der Waals surface area contributed by atoms with Crippen LogP contribution in [0.5, 0.6) is 5.75 Å². The minimum Gasteiger partial charge on any atom is -0.497 e. The van der Waals surface area contributed by atoms with E-state index in [9.17, 15) is 9.59 Å². The third kappa shape index (κ3) is 4.12. The molecule has 0 aliphatic carbocycles. The Hall–Kier alpha value is -2.08. The van der Waals surface area contributed by atoms with Gasteiger partial charge in [-0.15, -0.1) is 0 Å². The van der Waals surface area contributed by atoms with Gasteiger partial charge in [0.1, 0.15) is 11.8 Å². The van der Waals surface area contributed by atoms with Crippen molar-refractivity contribution in [3.8, 4) is 5.75 Å². The Morgan fingerprint density at radius 1 is 1.41 bits per heavy atom. The van der Waals surface area contributed by atoms with Gasteiger partial charge in [-0.25, -0.2) is 0 Å². The first-order chi connectivity index (χ1) is 8.02. The number of hydrogen-bond acceptors (Lipinski definition) is 4. The molecule has 0 heterocycles. The summed E-state index contributed by atoms with van der Waals surface area (Å²) in [7, 11) is 1.54. The molecule has 0 aliphatic rings. The topological polar surface area (TPSA) is 102 Å². The second-order valence-electron chi connectivity index (χ2n) is 3.43. The normalized spacial score (nSPS) is 11.6. The first-order valence-electron chi connectivity index (χ1n) is 4.95. The summed E-state index contributed by atoms with van der Waals surface area (Å²) >= 11 is 0. The molecule has 1 aromatic rings. The first kappa shape index (κ1) is 13.0. The summed E-state index contributed by atoms with van der Waals surface area (Å²) in [5, 5.41) is 11.1. The van der Waals surface area contributed by atoms with Gasteiger partial charge in [-0.05, 0) is 24.3 Å². The molecule has 6 heteroatoms. The van der Waals surface area contributed by atoms with Crippen molar-refractivity contribution >= 4 is 17.6 Å². The Morgan fingerprint density at radius 2 is 2.00 bits per heavy atom. The zero-order chi connectivity index (χ0) is 12.8. The number of methoxy groups -OCH3 is 1. The third-order valence-corrected chi connectivity index (χ3v) is 2.10. The standard InChI is InChI=1S/C11H14N2O4/c1-17-8-4-2-7(3-5-8)13-10(14)6-9(12)11(15)16/h2-5,9H,6,12H2,1H3,(H,13,14)(H,15,16). The largest absolute Gasteiger partial charge is 0.497 e. The summed E-state index contributed by atoms with van der Waals surface area (Å²) in [5.41, 5.74) is 5.80. The lowest BCUT2D eigenvalue weighted by Crippen LogP contribution is -2.34. The average molecular weight is 238 g/mol. The van der Waals surface area contributed by atoms with Crippen molar-refractivity contribution < 1.29 is 19.4 Å². The van der Waals surface area contributed by atoms with Crippen LogP contribution in [-0.2, 0) is 9.59 Å². The Balaban J connectivity index is 2.53. The lowest BCUT2D eigenvalue weighted by Gasteiger charge is -2.08. The van der Waals surface area contributed by atoms with Gasteiger partial charge >= 0.3 is 5.97 Å². The van der Waals surface area contributed by atoms with Gasteiger partial charge < -0.3 is 20.9 Å². The van der Waals surface area contributed by atoms with Crippen LogP contribution >= 0.6 is 0 Å². The van der Waals surface area contributed by atoms with Crippen LogP contribution < -0.4 is 15.8 Å². The monoisotopic (exact) mass is 238 g/mol. The molecule has 1 aromatic carbocycles. The quantitative estimate of drug-likeness (QED) is 0.690. The van der Waals surface area contributed by atoms with Gasteiger partial charge in [0.15, 0.2) is 0 Å². The Labute approximate surface area is 98.4 Å². The lowest BCUT2D eigenvalue weighted by molar-refractivity contribution is -0.140. The fourth-order valence-corrected chi connectivity index (χ4v) is 1.17. The highest BCUT2D eigenvalue weighted by Crippen LogP contribution is 2.15. The van der Waals surface area contributed by atoms with Crippen molar-refractivity contribution in [2.75, 3.05) is 12.4 Å². The molecular weight excluding hydrogens is 224 g/mol. The fraction of sp³-hybridized carbons (Fsp3) is 0.273. The molecular formula is C11H14N2O4. The van der Waals surface area contributed by atoms with Crippen molar-refractivity contribution in [2.45, 2.75) is 12.5 Å². The van der Waals surface area contributed by atoms with Gasteiger partial charge in [0, 0.05) is 5.69 Å². The van der Waals surface area contributed by atoms with Crippen LogP contribution in [0.25, 0.3) is 0 Å². The highest BCUT2D eigenvalue weighted by molar-refractivity contribution is 5.93. The molecule has 1 atom stereocenters. The van der Waals surface area contributed by atoms with E-state index < -0.39 is 17.9 Å². The second kappa shape index (κ2) is 5.86. The maximum atomic E-state index is 11.4.